The smallest absolute Gasteiger partial charge is 0.337 e. The molecule has 0 bridgehead atoms. The first-order chi connectivity index (χ1) is 24.8. The minimum Gasteiger partial charge on any atom is -0.508 e. The van der Waals surface area contributed by atoms with Crippen molar-refractivity contribution in [2.75, 3.05) is 26.3 Å². The number of hydrogen-bond acceptors (Lipinski definition) is 7. The standard InChI is InChI=1S/C40H41FN6O4/c1-26-4-2-7-37-43-31(25-45(26)37)11-8-27-9-12-32(13-10-27)47-39(49)36-22-30(41)23-42-38(36)46(40(47)50)33-6-3-5-28(20-33)35-15-14-34(48)21-29(35)24-44-16-18-51-19-17-44/h2-7,14-15,20-23,25,27,32,48H,8-13,16-19,24H2,1H3. The molecule has 5 heterocycles. The minimum absolute atomic E-state index is 0.0712. The number of morpholine rings is 1. The van der Waals surface area contributed by atoms with Crippen LogP contribution >= 0.6 is 0 Å². The van der Waals surface area contributed by atoms with Crippen molar-refractivity contribution < 1.29 is 14.2 Å². The Kier molecular flexibility index (Phi) is 8.99. The number of nitrogens with zero attached hydrogens (tertiary/aromatic N) is 6. The number of imidazole rings is 1. The van der Waals surface area contributed by atoms with Gasteiger partial charge in [0.05, 0.1) is 36.2 Å². The third-order valence-corrected chi connectivity index (χ3v) is 10.6. The molecular weight excluding hydrogens is 647 g/mol. The lowest BCUT2D eigenvalue weighted by Gasteiger charge is -2.30. The summed E-state index contributed by atoms with van der Waals surface area (Å²) >= 11 is 0. The minimum atomic E-state index is -0.632. The lowest BCUT2D eigenvalue weighted by molar-refractivity contribution is 0.0342. The maximum Gasteiger partial charge on any atom is 0.337 e. The van der Waals surface area contributed by atoms with Gasteiger partial charge in [0.15, 0.2) is 5.65 Å². The fourth-order valence-corrected chi connectivity index (χ4v) is 7.91. The summed E-state index contributed by atoms with van der Waals surface area (Å²) in [5.74, 6) is 0.00443. The highest BCUT2D eigenvalue weighted by atomic mass is 19.1. The number of aryl methyl sites for hydroxylation is 2. The monoisotopic (exact) mass is 688 g/mol. The summed E-state index contributed by atoms with van der Waals surface area (Å²) in [5.41, 5.74) is 5.53. The molecule has 0 radical (unpaired) electrons. The van der Waals surface area contributed by atoms with Crippen LogP contribution in [-0.2, 0) is 17.7 Å². The van der Waals surface area contributed by atoms with Gasteiger partial charge in [-0.05, 0) is 111 Å². The highest BCUT2D eigenvalue weighted by Crippen LogP contribution is 2.34. The molecule has 2 fully saturated rings. The molecule has 262 valence electrons. The van der Waals surface area contributed by atoms with Crippen molar-refractivity contribution in [1.29, 1.82) is 0 Å². The van der Waals surface area contributed by atoms with Gasteiger partial charge in [-0.2, -0.15) is 0 Å². The third kappa shape index (κ3) is 6.59. The summed E-state index contributed by atoms with van der Waals surface area (Å²) in [6.07, 6.45) is 8.13. The first-order valence-corrected chi connectivity index (χ1v) is 17.8. The molecule has 0 amide bonds. The first-order valence-electron chi connectivity index (χ1n) is 17.8. The number of benzene rings is 2. The summed E-state index contributed by atoms with van der Waals surface area (Å²) in [4.78, 5) is 39.7. The van der Waals surface area contributed by atoms with Crippen LogP contribution in [0.15, 0.2) is 88.7 Å². The van der Waals surface area contributed by atoms with Crippen molar-refractivity contribution in [2.24, 2.45) is 5.92 Å². The van der Waals surface area contributed by atoms with E-state index < -0.39 is 17.1 Å². The SMILES string of the molecule is Cc1cccc2nc(CCC3CCC(n4c(=O)c5cc(F)cnc5n(-c5cccc(-c6ccc(O)cc6CN6CCOCC6)c5)c4=O)CC3)cn12. The predicted molar refractivity (Wildman–Crippen MR) is 194 cm³/mol. The van der Waals surface area contributed by atoms with E-state index in [4.69, 9.17) is 9.72 Å². The molecule has 1 N–H and O–H groups in total. The average molecular weight is 689 g/mol. The highest BCUT2D eigenvalue weighted by molar-refractivity contribution is 5.77. The van der Waals surface area contributed by atoms with Crippen molar-refractivity contribution in [1.82, 2.24) is 28.4 Å². The zero-order valence-electron chi connectivity index (χ0n) is 28.7. The fourth-order valence-electron chi connectivity index (χ4n) is 7.91. The van der Waals surface area contributed by atoms with Gasteiger partial charge >= 0.3 is 5.69 Å². The van der Waals surface area contributed by atoms with E-state index in [-0.39, 0.29) is 22.8 Å². The molecule has 0 atom stereocenters. The van der Waals surface area contributed by atoms with Crippen molar-refractivity contribution in [2.45, 2.75) is 58.0 Å². The van der Waals surface area contributed by atoms with E-state index in [0.29, 0.717) is 44.2 Å². The van der Waals surface area contributed by atoms with Gasteiger partial charge < -0.3 is 14.2 Å². The van der Waals surface area contributed by atoms with Crippen LogP contribution in [0.5, 0.6) is 5.75 Å². The number of ether oxygens (including phenoxy) is 1. The van der Waals surface area contributed by atoms with Crippen molar-refractivity contribution in [3.05, 3.63) is 123 Å². The Morgan fingerprint density at radius 3 is 2.57 bits per heavy atom. The number of phenols is 1. The Hall–Kier alpha value is -5.13. The molecule has 10 nitrogen and oxygen atoms in total. The summed E-state index contributed by atoms with van der Waals surface area (Å²) in [7, 11) is 0. The van der Waals surface area contributed by atoms with Gasteiger partial charge in [0, 0.05) is 37.6 Å². The van der Waals surface area contributed by atoms with Gasteiger partial charge in [-0.3, -0.25) is 14.3 Å². The van der Waals surface area contributed by atoms with E-state index in [1.165, 1.54) is 15.2 Å². The number of aromatic hydroxyl groups is 1. The molecule has 0 spiro atoms. The first kappa shape index (κ1) is 33.0. The lowest BCUT2D eigenvalue weighted by atomic mass is 9.83. The Labute approximate surface area is 294 Å². The van der Waals surface area contributed by atoms with Crippen LogP contribution < -0.4 is 11.2 Å². The number of pyridine rings is 2. The summed E-state index contributed by atoms with van der Waals surface area (Å²) in [5, 5.41) is 10.4. The second-order valence-corrected chi connectivity index (χ2v) is 13.9. The molecule has 0 unspecified atom stereocenters. The molecule has 1 saturated heterocycles. The normalized spacial score (nSPS) is 18.5. The molecule has 8 rings (SSSR count). The molecule has 2 aliphatic rings. The Bertz CT molecular complexity index is 2350. The quantitative estimate of drug-likeness (QED) is 0.203. The highest BCUT2D eigenvalue weighted by Gasteiger charge is 2.28. The number of aromatic nitrogens is 5. The largest absolute Gasteiger partial charge is 0.508 e. The Morgan fingerprint density at radius 2 is 1.76 bits per heavy atom. The molecule has 51 heavy (non-hydrogen) atoms. The van der Waals surface area contributed by atoms with E-state index in [0.717, 1.165) is 78.7 Å². The second-order valence-electron chi connectivity index (χ2n) is 13.9. The molecule has 6 aromatic rings. The molecule has 1 saturated carbocycles. The molecule has 2 aromatic carbocycles. The maximum atomic E-state index is 14.6. The third-order valence-electron chi connectivity index (χ3n) is 10.6. The number of fused-ring (bicyclic) bond motifs is 2. The maximum absolute atomic E-state index is 14.6. The molecule has 4 aromatic heterocycles. The number of rotatable bonds is 8. The van der Waals surface area contributed by atoms with E-state index in [2.05, 4.69) is 33.5 Å². The zero-order chi connectivity index (χ0) is 35.1. The number of halogens is 1. The van der Waals surface area contributed by atoms with Gasteiger partial charge in [-0.25, -0.2) is 23.7 Å². The van der Waals surface area contributed by atoms with Crippen molar-refractivity contribution in [3.8, 4) is 22.6 Å². The van der Waals surface area contributed by atoms with Gasteiger partial charge in [-0.1, -0.05) is 24.3 Å². The van der Waals surface area contributed by atoms with E-state index in [9.17, 15) is 19.1 Å². The topological polar surface area (TPSA) is 107 Å². The summed E-state index contributed by atoms with van der Waals surface area (Å²) in [6, 6.07) is 19.8. The van der Waals surface area contributed by atoms with Crippen LogP contribution in [0, 0.1) is 18.7 Å². The second kappa shape index (κ2) is 13.9. The van der Waals surface area contributed by atoms with Crippen LogP contribution in [0.2, 0.25) is 0 Å². The van der Waals surface area contributed by atoms with E-state index in [1.807, 2.05) is 42.5 Å². The molecule has 1 aliphatic carbocycles. The Morgan fingerprint density at radius 1 is 0.961 bits per heavy atom. The molecular formula is C40H41FN6O4. The zero-order valence-corrected chi connectivity index (χ0v) is 28.7. The van der Waals surface area contributed by atoms with E-state index in [1.54, 1.807) is 12.1 Å². The fraction of sp³-hybridized carbons (Fsp3) is 0.350. The number of hydrogen-bond donors (Lipinski definition) is 1. The van der Waals surface area contributed by atoms with Crippen LogP contribution in [0.25, 0.3) is 33.5 Å². The summed E-state index contributed by atoms with van der Waals surface area (Å²) in [6.45, 7) is 5.62. The predicted octanol–water partition coefficient (Wildman–Crippen LogP) is 6.21. The molecule has 1 aliphatic heterocycles. The molecule has 11 heteroatoms. The van der Waals surface area contributed by atoms with Crippen molar-refractivity contribution in [3.63, 3.8) is 0 Å². The average Bonchev–Trinajstić information content (AvgIpc) is 3.57. The van der Waals surface area contributed by atoms with Gasteiger partial charge in [0.1, 0.15) is 17.2 Å². The summed E-state index contributed by atoms with van der Waals surface area (Å²) < 4.78 is 25.0. The number of phenolic OH excluding ortho intramolecular Hbond substituents is 1. The van der Waals surface area contributed by atoms with Crippen LogP contribution in [0.3, 0.4) is 0 Å². The van der Waals surface area contributed by atoms with Crippen LogP contribution in [0.4, 0.5) is 4.39 Å². The van der Waals surface area contributed by atoms with Gasteiger partial charge in [0.2, 0.25) is 0 Å². The van der Waals surface area contributed by atoms with Gasteiger partial charge in [0.25, 0.3) is 5.56 Å². The van der Waals surface area contributed by atoms with Crippen LogP contribution in [-0.4, -0.2) is 59.8 Å². The lowest BCUT2D eigenvalue weighted by Crippen LogP contribution is -2.43. The Balaban J connectivity index is 1.09. The van der Waals surface area contributed by atoms with E-state index >= 15 is 0 Å². The van der Waals surface area contributed by atoms with Crippen molar-refractivity contribution >= 4 is 16.7 Å². The van der Waals surface area contributed by atoms with Gasteiger partial charge in [-0.15, -0.1) is 0 Å². The van der Waals surface area contributed by atoms with Crippen LogP contribution in [0.1, 0.15) is 55.1 Å².